The summed E-state index contributed by atoms with van der Waals surface area (Å²) in [6.45, 7) is 2.10. The molecule has 0 bridgehead atoms. The van der Waals surface area contributed by atoms with E-state index in [0.717, 1.165) is 0 Å². The van der Waals surface area contributed by atoms with Crippen LogP contribution in [0.5, 0.6) is 0 Å². The van der Waals surface area contributed by atoms with Crippen LogP contribution in [0.15, 0.2) is 60.9 Å². The maximum atomic E-state index is 4.31. The van der Waals surface area contributed by atoms with E-state index in [-0.39, 0.29) is 0 Å². The molecule has 0 aliphatic carbocycles. The van der Waals surface area contributed by atoms with Crippen LogP contribution in [0.4, 0.5) is 0 Å². The molecule has 0 saturated carbocycles. The van der Waals surface area contributed by atoms with Crippen molar-refractivity contribution in [3.63, 3.8) is 0 Å². The third-order valence-electron chi connectivity index (χ3n) is 3.03. The van der Waals surface area contributed by atoms with Crippen molar-refractivity contribution in [3.05, 3.63) is 66.5 Å². The Labute approximate surface area is 101 Å². The van der Waals surface area contributed by atoms with E-state index in [0.29, 0.717) is 0 Å². The summed E-state index contributed by atoms with van der Waals surface area (Å²) in [5, 5.41) is 2.44. The van der Waals surface area contributed by atoms with Crippen LogP contribution < -0.4 is 0 Å². The molecule has 0 spiro atoms. The lowest BCUT2D eigenvalue weighted by Crippen LogP contribution is -1.83. The van der Waals surface area contributed by atoms with Gasteiger partial charge in [-0.2, -0.15) is 0 Å². The lowest BCUT2D eigenvalue weighted by molar-refractivity contribution is 1.36. The fourth-order valence-electron chi connectivity index (χ4n) is 2.08. The second kappa shape index (κ2) is 4.02. The zero-order valence-corrected chi connectivity index (χ0v) is 9.72. The normalized spacial score (nSPS) is 10.6. The van der Waals surface area contributed by atoms with Gasteiger partial charge in [-0.3, -0.25) is 4.98 Å². The van der Waals surface area contributed by atoms with Crippen LogP contribution in [0.1, 0.15) is 5.56 Å². The smallest absolute Gasteiger partial charge is 0.0352 e. The average Bonchev–Trinajstić information content (AvgIpc) is 2.39. The molecule has 0 radical (unpaired) electrons. The zero-order chi connectivity index (χ0) is 11.7. The predicted octanol–water partition coefficient (Wildman–Crippen LogP) is 4.21. The average molecular weight is 219 g/mol. The van der Waals surface area contributed by atoms with Crippen LogP contribution in [0.2, 0.25) is 0 Å². The molecule has 3 rings (SSSR count). The van der Waals surface area contributed by atoms with E-state index < -0.39 is 0 Å². The van der Waals surface area contributed by atoms with Gasteiger partial charge in [0.2, 0.25) is 0 Å². The molecule has 1 aromatic heterocycles. The first-order valence-electron chi connectivity index (χ1n) is 5.74. The highest BCUT2D eigenvalue weighted by Crippen LogP contribution is 2.27. The molecule has 0 amide bonds. The molecule has 1 nitrogen and oxygen atoms in total. The number of hydrogen-bond acceptors (Lipinski definition) is 1. The summed E-state index contributed by atoms with van der Waals surface area (Å²) in [4.78, 5) is 4.31. The van der Waals surface area contributed by atoms with Crippen LogP contribution >= 0.6 is 0 Å². The first kappa shape index (κ1) is 10.0. The Morgan fingerprint density at radius 3 is 2.41 bits per heavy atom. The summed E-state index contributed by atoms with van der Waals surface area (Å²) in [5.74, 6) is 0. The number of benzene rings is 2. The molecule has 0 N–H and O–H groups in total. The second-order valence-electron chi connectivity index (χ2n) is 4.27. The monoisotopic (exact) mass is 219 g/mol. The molecule has 0 aliphatic heterocycles. The van der Waals surface area contributed by atoms with E-state index >= 15 is 0 Å². The van der Waals surface area contributed by atoms with Gasteiger partial charge in [-0.25, -0.2) is 0 Å². The maximum Gasteiger partial charge on any atom is 0.0352 e. The third kappa shape index (κ3) is 1.80. The van der Waals surface area contributed by atoms with Gasteiger partial charge in [0.1, 0.15) is 0 Å². The highest BCUT2D eigenvalue weighted by molar-refractivity contribution is 5.95. The molecule has 82 valence electrons. The molecule has 0 fully saturated rings. The van der Waals surface area contributed by atoms with Crippen molar-refractivity contribution in [2.45, 2.75) is 6.92 Å². The van der Waals surface area contributed by atoms with Crippen molar-refractivity contribution >= 4 is 10.8 Å². The summed E-state index contributed by atoms with van der Waals surface area (Å²) >= 11 is 0. The van der Waals surface area contributed by atoms with Gasteiger partial charge in [-0.15, -0.1) is 0 Å². The molecule has 1 heteroatoms. The highest BCUT2D eigenvalue weighted by atomic mass is 14.6. The van der Waals surface area contributed by atoms with Crippen LogP contribution in [-0.4, -0.2) is 4.98 Å². The third-order valence-corrected chi connectivity index (χ3v) is 3.03. The van der Waals surface area contributed by atoms with Gasteiger partial charge in [0.25, 0.3) is 0 Å². The predicted molar refractivity (Wildman–Crippen MR) is 71.9 cm³/mol. The molecule has 0 atom stereocenters. The minimum Gasteiger partial charge on any atom is -0.263 e. The van der Waals surface area contributed by atoms with Gasteiger partial charge in [-0.05, 0) is 17.9 Å². The minimum atomic E-state index is 1.19. The van der Waals surface area contributed by atoms with Crippen LogP contribution in [-0.2, 0) is 0 Å². The molecule has 0 aliphatic rings. The van der Waals surface area contributed by atoms with E-state index in [2.05, 4.69) is 54.4 Å². The molecule has 1 heterocycles. The number of rotatable bonds is 1. The van der Waals surface area contributed by atoms with E-state index in [1.807, 2.05) is 18.5 Å². The largest absolute Gasteiger partial charge is 0.263 e. The zero-order valence-electron chi connectivity index (χ0n) is 9.72. The summed E-state index contributed by atoms with van der Waals surface area (Å²) in [6.07, 6.45) is 3.85. The van der Waals surface area contributed by atoms with Gasteiger partial charge in [0, 0.05) is 23.3 Å². The molecular formula is C16H13N. The number of aryl methyl sites for hydroxylation is 1. The molecule has 3 aromatic rings. The second-order valence-corrected chi connectivity index (χ2v) is 4.27. The van der Waals surface area contributed by atoms with Gasteiger partial charge in [0.15, 0.2) is 0 Å². The number of nitrogens with zero attached hydrogens (tertiary/aromatic N) is 1. The van der Waals surface area contributed by atoms with Crippen molar-refractivity contribution in [1.29, 1.82) is 0 Å². The highest BCUT2D eigenvalue weighted by Gasteiger charge is 2.03. The van der Waals surface area contributed by atoms with E-state index in [4.69, 9.17) is 0 Å². The van der Waals surface area contributed by atoms with Crippen molar-refractivity contribution in [1.82, 2.24) is 4.98 Å². The first-order valence-corrected chi connectivity index (χ1v) is 5.74. The Balaban J connectivity index is 2.27. The van der Waals surface area contributed by atoms with Crippen LogP contribution in [0.25, 0.3) is 21.9 Å². The Hall–Kier alpha value is -2.15. The maximum absolute atomic E-state index is 4.31. The van der Waals surface area contributed by atoms with Crippen LogP contribution in [0, 0.1) is 6.92 Å². The van der Waals surface area contributed by atoms with Gasteiger partial charge in [-0.1, -0.05) is 54.1 Å². The molecule has 0 unspecified atom stereocenters. The molecule has 2 aromatic carbocycles. The fraction of sp³-hybridized carbons (Fsp3) is 0.0625. The van der Waals surface area contributed by atoms with E-state index in [9.17, 15) is 0 Å². The summed E-state index contributed by atoms with van der Waals surface area (Å²) in [7, 11) is 0. The van der Waals surface area contributed by atoms with Crippen molar-refractivity contribution in [3.8, 4) is 11.1 Å². The van der Waals surface area contributed by atoms with Crippen LogP contribution in [0.3, 0.4) is 0 Å². The van der Waals surface area contributed by atoms with E-state index in [1.54, 1.807) is 0 Å². The van der Waals surface area contributed by atoms with Gasteiger partial charge < -0.3 is 0 Å². The lowest BCUT2D eigenvalue weighted by Gasteiger charge is -2.06. The first-order chi connectivity index (χ1) is 8.34. The quantitative estimate of drug-likeness (QED) is 0.597. The molecular weight excluding hydrogens is 206 g/mol. The lowest BCUT2D eigenvalue weighted by atomic mass is 10.0. The van der Waals surface area contributed by atoms with Crippen molar-refractivity contribution < 1.29 is 0 Å². The van der Waals surface area contributed by atoms with Gasteiger partial charge >= 0.3 is 0 Å². The van der Waals surface area contributed by atoms with Crippen molar-refractivity contribution in [2.75, 3.05) is 0 Å². The van der Waals surface area contributed by atoms with E-state index in [1.165, 1.54) is 27.5 Å². The molecule has 0 saturated heterocycles. The Bertz CT molecular complexity index is 648. The number of pyridine rings is 1. The summed E-state index contributed by atoms with van der Waals surface area (Å²) in [6, 6.07) is 16.9. The van der Waals surface area contributed by atoms with Crippen molar-refractivity contribution in [2.24, 2.45) is 0 Å². The Kier molecular flexibility index (Phi) is 2.37. The standard InChI is InChI=1S/C16H13N/c1-12-6-8-13(9-7-12)16-11-17-10-14-4-2-3-5-15(14)16/h2-11H,1H3. The number of hydrogen-bond donors (Lipinski definition) is 0. The summed E-state index contributed by atoms with van der Waals surface area (Å²) in [5.41, 5.74) is 3.70. The minimum absolute atomic E-state index is 1.19. The molecule has 17 heavy (non-hydrogen) atoms. The fourth-order valence-corrected chi connectivity index (χ4v) is 2.08. The SMILES string of the molecule is Cc1ccc(-c2cncc3ccccc23)cc1. The Morgan fingerprint density at radius 2 is 1.59 bits per heavy atom. The summed E-state index contributed by atoms with van der Waals surface area (Å²) < 4.78 is 0. The van der Waals surface area contributed by atoms with Gasteiger partial charge in [0.05, 0.1) is 0 Å². The Morgan fingerprint density at radius 1 is 0.824 bits per heavy atom. The number of fused-ring (bicyclic) bond motifs is 1. The topological polar surface area (TPSA) is 12.9 Å². The number of aromatic nitrogens is 1.